The van der Waals surface area contributed by atoms with Crippen LogP contribution in [0.3, 0.4) is 0 Å². The van der Waals surface area contributed by atoms with E-state index >= 15 is 0 Å². The quantitative estimate of drug-likeness (QED) is 0.0667. The molecule has 1 aliphatic heterocycles. The van der Waals surface area contributed by atoms with E-state index in [1.807, 2.05) is 42.5 Å². The molecule has 0 amide bonds. The zero-order chi connectivity index (χ0) is 34.9. The van der Waals surface area contributed by atoms with Crippen molar-refractivity contribution >= 4 is 10.4 Å². The number of benzene rings is 3. The van der Waals surface area contributed by atoms with Crippen molar-refractivity contribution in [3.63, 3.8) is 0 Å². The maximum absolute atomic E-state index is 9.06. The summed E-state index contributed by atoms with van der Waals surface area (Å²) in [4.78, 5) is 15.9. The highest BCUT2D eigenvalue weighted by Crippen LogP contribution is 2.28. The minimum Gasteiger partial charge on any atom is -0.494 e. The monoisotopic (exact) mass is 681 g/mol. The summed E-state index contributed by atoms with van der Waals surface area (Å²) in [6, 6.07) is 24.4. The third kappa shape index (κ3) is 14.3. The van der Waals surface area contributed by atoms with Crippen LogP contribution in [0.2, 0.25) is 0 Å². The van der Waals surface area contributed by atoms with Crippen LogP contribution in [0, 0.1) is 18.3 Å². The molecule has 4 rings (SSSR count). The van der Waals surface area contributed by atoms with E-state index in [2.05, 4.69) is 80.2 Å². The first kappa shape index (κ1) is 38.3. The van der Waals surface area contributed by atoms with Crippen molar-refractivity contribution in [3.05, 3.63) is 107 Å². The number of hydrogen-bond donors (Lipinski definition) is 2. The molecule has 0 bridgehead atoms. The van der Waals surface area contributed by atoms with Gasteiger partial charge in [0.1, 0.15) is 5.75 Å². The van der Waals surface area contributed by atoms with Gasteiger partial charge in [0.25, 0.3) is 0 Å². The molecule has 3 aromatic rings. The molecule has 1 unspecified atom stereocenters. The molecule has 1 heterocycles. The Morgan fingerprint density at radius 3 is 2.27 bits per heavy atom. The molecule has 11 nitrogen and oxygen atoms in total. The van der Waals surface area contributed by atoms with E-state index in [1.54, 1.807) is 0 Å². The van der Waals surface area contributed by atoms with Gasteiger partial charge in [0.2, 0.25) is 0 Å². The second kappa shape index (κ2) is 19.6. The number of hydrogen-bond acceptors (Lipinski definition) is 9. The lowest BCUT2D eigenvalue weighted by atomic mass is 10.0. The number of rotatable bonds is 17. The molecule has 2 N–H and O–H groups in total. The molecule has 0 aliphatic carbocycles. The molecule has 1 aliphatic rings. The third-order valence-electron chi connectivity index (χ3n) is 7.38. The first-order valence-corrected chi connectivity index (χ1v) is 17.4. The summed E-state index contributed by atoms with van der Waals surface area (Å²) < 4.78 is 43.8. The molecule has 48 heavy (non-hydrogen) atoms. The van der Waals surface area contributed by atoms with Crippen LogP contribution in [0.4, 0.5) is 0 Å². The maximum Gasteiger partial charge on any atom is 0.394 e. The molecule has 260 valence electrons. The van der Waals surface area contributed by atoms with Crippen LogP contribution in [0.15, 0.2) is 79.1 Å². The van der Waals surface area contributed by atoms with Gasteiger partial charge < -0.3 is 24.2 Å². The normalized spacial score (nSPS) is 13.2. The van der Waals surface area contributed by atoms with Crippen LogP contribution < -0.4 is 9.62 Å². The van der Waals surface area contributed by atoms with Gasteiger partial charge in [-0.3, -0.25) is 9.11 Å². The Labute approximate surface area is 284 Å². The van der Waals surface area contributed by atoms with Crippen LogP contribution in [0.25, 0.3) is 0 Å². The van der Waals surface area contributed by atoms with Crippen LogP contribution in [-0.4, -0.2) is 66.9 Å². The summed E-state index contributed by atoms with van der Waals surface area (Å²) in [5.74, 6) is 2.05. The highest BCUT2D eigenvalue weighted by atomic mass is 32.3. The number of nitriles is 1. The Hall–Kier alpha value is -4.12. The predicted octanol–water partition coefficient (Wildman–Crippen LogP) is 6.87. The Balaban J connectivity index is 0.00000116. The Morgan fingerprint density at radius 2 is 1.62 bits per heavy atom. The summed E-state index contributed by atoms with van der Waals surface area (Å²) >= 11 is 0. The molecule has 12 heteroatoms. The number of ether oxygens (including phenoxy) is 2. The maximum atomic E-state index is 9.06. The molecule has 0 aromatic heterocycles. The van der Waals surface area contributed by atoms with Crippen molar-refractivity contribution in [1.29, 1.82) is 5.26 Å². The van der Waals surface area contributed by atoms with E-state index < -0.39 is 10.4 Å². The Morgan fingerprint density at radius 1 is 0.938 bits per heavy atom. The molecule has 0 radical (unpaired) electrons. The van der Waals surface area contributed by atoms with Gasteiger partial charge in [-0.05, 0) is 79.1 Å². The van der Waals surface area contributed by atoms with Gasteiger partial charge in [-0.15, -0.1) is 0 Å². The first-order valence-electron chi connectivity index (χ1n) is 16.0. The fourth-order valence-electron chi connectivity index (χ4n) is 4.93. The van der Waals surface area contributed by atoms with E-state index in [-0.39, 0.29) is 6.10 Å². The van der Waals surface area contributed by atoms with Crippen molar-refractivity contribution in [2.24, 2.45) is 0 Å². The minimum absolute atomic E-state index is 0.0931. The predicted molar refractivity (Wildman–Crippen MR) is 184 cm³/mol. The molecular formula is C36H47N3O8S. The van der Waals surface area contributed by atoms with Crippen LogP contribution >= 0.6 is 0 Å². The van der Waals surface area contributed by atoms with Crippen molar-refractivity contribution in [1.82, 2.24) is 9.80 Å². The van der Waals surface area contributed by atoms with Crippen LogP contribution in [0.1, 0.15) is 73.5 Å². The van der Waals surface area contributed by atoms with Gasteiger partial charge in [0.05, 0.1) is 44.2 Å². The van der Waals surface area contributed by atoms with Crippen molar-refractivity contribution in [2.45, 2.75) is 59.0 Å². The minimum atomic E-state index is -4.67. The SMILES string of the molecule is CCCOc1ccc(C(CN2C=CN(CCCOOc3cc(C)ccc3C(C)C)C2)OCCc2ccc(C#N)cc2)cc1.O=S(=O)(O)O. The van der Waals surface area contributed by atoms with Crippen molar-refractivity contribution in [2.75, 3.05) is 39.6 Å². The largest absolute Gasteiger partial charge is 0.494 e. The van der Waals surface area contributed by atoms with E-state index in [0.29, 0.717) is 31.3 Å². The van der Waals surface area contributed by atoms with E-state index in [0.717, 1.165) is 72.8 Å². The van der Waals surface area contributed by atoms with E-state index in [4.69, 9.17) is 42.0 Å². The highest BCUT2D eigenvalue weighted by molar-refractivity contribution is 7.79. The molecule has 0 saturated heterocycles. The molecule has 0 fully saturated rings. The van der Waals surface area contributed by atoms with Gasteiger partial charge >= 0.3 is 10.4 Å². The Kier molecular flexibility index (Phi) is 15.7. The summed E-state index contributed by atoms with van der Waals surface area (Å²) in [5.41, 5.74) is 5.26. The smallest absolute Gasteiger partial charge is 0.394 e. The zero-order valence-corrected chi connectivity index (χ0v) is 28.9. The lowest BCUT2D eigenvalue weighted by molar-refractivity contribution is -0.208. The van der Waals surface area contributed by atoms with Crippen LogP contribution in [-0.2, 0) is 26.4 Å². The lowest BCUT2D eigenvalue weighted by Crippen LogP contribution is -2.30. The van der Waals surface area contributed by atoms with Crippen LogP contribution in [0.5, 0.6) is 11.5 Å². The topological polar surface area (TPSA) is 142 Å². The fourth-order valence-corrected chi connectivity index (χ4v) is 4.93. The highest BCUT2D eigenvalue weighted by Gasteiger charge is 2.20. The van der Waals surface area contributed by atoms with Crippen molar-refractivity contribution < 1.29 is 36.8 Å². The van der Waals surface area contributed by atoms with E-state index in [9.17, 15) is 0 Å². The van der Waals surface area contributed by atoms with Gasteiger partial charge in [-0.1, -0.05) is 57.2 Å². The molecule has 3 aromatic carbocycles. The van der Waals surface area contributed by atoms with Crippen molar-refractivity contribution in [3.8, 4) is 17.6 Å². The summed E-state index contributed by atoms with van der Waals surface area (Å²) in [6.07, 6.45) is 6.79. The average Bonchev–Trinajstić information content (AvgIpc) is 3.50. The first-order chi connectivity index (χ1) is 22.9. The lowest BCUT2D eigenvalue weighted by Gasteiger charge is -2.26. The van der Waals surface area contributed by atoms with E-state index in [1.165, 1.54) is 0 Å². The zero-order valence-electron chi connectivity index (χ0n) is 28.1. The van der Waals surface area contributed by atoms with Gasteiger partial charge in [-0.25, -0.2) is 0 Å². The fraction of sp³-hybridized carbons (Fsp3) is 0.417. The average molecular weight is 682 g/mol. The molecular weight excluding hydrogens is 634 g/mol. The summed E-state index contributed by atoms with van der Waals surface area (Å²) in [6.45, 7) is 12.7. The summed E-state index contributed by atoms with van der Waals surface area (Å²) in [5, 5.41) is 9.06. The summed E-state index contributed by atoms with van der Waals surface area (Å²) in [7, 11) is -4.67. The molecule has 1 atom stereocenters. The number of nitrogens with zero attached hydrogens (tertiary/aromatic N) is 3. The number of aryl methyl sites for hydroxylation is 1. The third-order valence-corrected chi connectivity index (χ3v) is 7.38. The second-order valence-electron chi connectivity index (χ2n) is 11.8. The van der Waals surface area contributed by atoms with Gasteiger partial charge in [0, 0.05) is 31.1 Å². The Bertz CT molecular complexity index is 1560. The second-order valence-corrected chi connectivity index (χ2v) is 12.7. The van der Waals surface area contributed by atoms with Gasteiger partial charge in [-0.2, -0.15) is 18.6 Å². The standard InChI is InChI=1S/C36H45N3O4.H2O4S/c1-5-21-40-33-14-12-32(13-15-33)36(41-23-17-30-8-10-31(25-37)11-9-30)26-39-20-19-38(27-39)18-6-22-42-43-35-24-29(4)7-16-34(35)28(2)3;1-5(2,3)4/h7-16,19-20,24,28,36H,5-6,17-18,21-23,26-27H2,1-4H3;(H2,1,2,3,4). The van der Waals surface area contributed by atoms with Gasteiger partial charge in [0.15, 0.2) is 5.75 Å². The molecule has 0 spiro atoms. The molecule has 0 saturated carbocycles.